The highest BCUT2D eigenvalue weighted by Gasteiger charge is 2.07. The molecule has 0 bridgehead atoms. The van der Waals surface area contributed by atoms with E-state index in [9.17, 15) is 13.6 Å². The molecule has 18 heavy (non-hydrogen) atoms. The molecule has 2 aromatic carbocycles. The molecule has 0 radical (unpaired) electrons. The molecule has 0 saturated carbocycles. The summed E-state index contributed by atoms with van der Waals surface area (Å²) in [6.07, 6.45) is 0. The van der Waals surface area contributed by atoms with Crippen molar-refractivity contribution >= 4 is 17.5 Å². The molecular weight excluding hydrogens is 254 g/mol. The zero-order chi connectivity index (χ0) is 13.0. The summed E-state index contributed by atoms with van der Waals surface area (Å²) in [5.74, 6) is -1.61. The molecule has 0 aliphatic carbocycles. The Morgan fingerprint density at radius 3 is 2.39 bits per heavy atom. The van der Waals surface area contributed by atoms with Crippen LogP contribution in [0.1, 0.15) is 10.4 Å². The number of rotatable bonds is 4. The molecule has 0 fully saturated rings. The number of halogens is 2. The average Bonchev–Trinajstić information content (AvgIpc) is 2.41. The smallest absolute Gasteiger partial charge is 0.173 e. The number of carbonyl (C=O) groups excluding carboxylic acids is 1. The number of Topliss-reactive ketones (excluding diaryl/α,β-unsaturated/α-hetero) is 1. The van der Waals surface area contributed by atoms with Crippen LogP contribution < -0.4 is 0 Å². The highest BCUT2D eigenvalue weighted by molar-refractivity contribution is 8.00. The second kappa shape index (κ2) is 5.78. The van der Waals surface area contributed by atoms with Gasteiger partial charge in [0.1, 0.15) is 0 Å². The monoisotopic (exact) mass is 264 g/mol. The summed E-state index contributed by atoms with van der Waals surface area (Å²) in [7, 11) is 0. The molecule has 0 N–H and O–H groups in total. The van der Waals surface area contributed by atoms with Gasteiger partial charge in [-0.15, -0.1) is 11.8 Å². The molecule has 92 valence electrons. The zero-order valence-electron chi connectivity index (χ0n) is 9.40. The average molecular weight is 264 g/mol. The molecule has 2 aromatic rings. The van der Waals surface area contributed by atoms with E-state index >= 15 is 0 Å². The van der Waals surface area contributed by atoms with Crippen molar-refractivity contribution in [3.63, 3.8) is 0 Å². The fourth-order valence-corrected chi connectivity index (χ4v) is 2.24. The minimum atomic E-state index is -0.896. The van der Waals surface area contributed by atoms with Crippen LogP contribution in [0.2, 0.25) is 0 Å². The van der Waals surface area contributed by atoms with E-state index in [0.29, 0.717) is 10.5 Å². The molecule has 0 unspecified atom stereocenters. The lowest BCUT2D eigenvalue weighted by Gasteiger charge is -2.02. The molecule has 1 nitrogen and oxygen atoms in total. The Hall–Kier alpha value is -1.68. The molecule has 0 amide bonds. The second-order valence-electron chi connectivity index (χ2n) is 3.65. The Bertz CT molecular complexity index is 555. The van der Waals surface area contributed by atoms with Crippen LogP contribution in [0.4, 0.5) is 8.78 Å². The number of benzene rings is 2. The van der Waals surface area contributed by atoms with Gasteiger partial charge in [0, 0.05) is 10.5 Å². The van der Waals surface area contributed by atoms with Crippen molar-refractivity contribution in [1.82, 2.24) is 0 Å². The number of thioether (sulfide) groups is 1. The summed E-state index contributed by atoms with van der Waals surface area (Å²) in [6.45, 7) is 0. The summed E-state index contributed by atoms with van der Waals surface area (Å²) in [6, 6.07) is 12.5. The molecule has 0 saturated heterocycles. The zero-order valence-corrected chi connectivity index (χ0v) is 10.2. The Morgan fingerprint density at radius 1 is 1.00 bits per heavy atom. The number of hydrogen-bond acceptors (Lipinski definition) is 2. The summed E-state index contributed by atoms with van der Waals surface area (Å²) < 4.78 is 25.7. The molecule has 2 rings (SSSR count). The van der Waals surface area contributed by atoms with Crippen LogP contribution in [0.15, 0.2) is 53.4 Å². The van der Waals surface area contributed by atoms with Gasteiger partial charge in [-0.05, 0) is 18.2 Å². The maximum absolute atomic E-state index is 13.0. The van der Waals surface area contributed by atoms with E-state index in [1.807, 2.05) is 6.07 Å². The number of ketones is 1. The van der Waals surface area contributed by atoms with E-state index in [2.05, 4.69) is 0 Å². The first-order valence-corrected chi connectivity index (χ1v) is 6.31. The molecule has 0 heterocycles. The van der Waals surface area contributed by atoms with Crippen molar-refractivity contribution in [2.24, 2.45) is 0 Å². The largest absolute Gasteiger partial charge is 0.293 e. The van der Waals surface area contributed by atoms with Crippen LogP contribution in [0.5, 0.6) is 0 Å². The summed E-state index contributed by atoms with van der Waals surface area (Å²) in [4.78, 5) is 12.3. The van der Waals surface area contributed by atoms with Gasteiger partial charge >= 0.3 is 0 Å². The van der Waals surface area contributed by atoms with Gasteiger partial charge in [-0.25, -0.2) is 8.78 Å². The molecule has 0 atom stereocenters. The van der Waals surface area contributed by atoms with E-state index in [4.69, 9.17) is 0 Å². The van der Waals surface area contributed by atoms with Crippen molar-refractivity contribution in [3.8, 4) is 0 Å². The fourth-order valence-electron chi connectivity index (χ4n) is 1.42. The first kappa shape index (κ1) is 12.8. The van der Waals surface area contributed by atoms with E-state index < -0.39 is 11.6 Å². The minimum absolute atomic E-state index is 0.0367. The molecule has 0 aliphatic heterocycles. The Kier molecular flexibility index (Phi) is 4.10. The normalized spacial score (nSPS) is 10.3. The first-order valence-electron chi connectivity index (χ1n) is 5.33. The third kappa shape index (κ3) is 3.17. The lowest BCUT2D eigenvalue weighted by atomic mass is 10.2. The van der Waals surface area contributed by atoms with Crippen LogP contribution in [-0.4, -0.2) is 11.5 Å². The van der Waals surface area contributed by atoms with E-state index in [-0.39, 0.29) is 11.5 Å². The summed E-state index contributed by atoms with van der Waals surface area (Å²) in [5.41, 5.74) is 0.618. The number of hydrogen-bond donors (Lipinski definition) is 0. The first-order chi connectivity index (χ1) is 8.66. The summed E-state index contributed by atoms with van der Waals surface area (Å²) >= 11 is 1.19. The molecule has 0 aromatic heterocycles. The van der Waals surface area contributed by atoms with Gasteiger partial charge in [0.05, 0.1) is 5.75 Å². The predicted octanol–water partition coefficient (Wildman–Crippen LogP) is 3.94. The van der Waals surface area contributed by atoms with Gasteiger partial charge in [-0.1, -0.05) is 30.3 Å². The van der Waals surface area contributed by atoms with E-state index in [1.54, 1.807) is 24.3 Å². The number of carbonyl (C=O) groups is 1. The maximum Gasteiger partial charge on any atom is 0.173 e. The minimum Gasteiger partial charge on any atom is -0.293 e. The van der Waals surface area contributed by atoms with Gasteiger partial charge in [-0.2, -0.15) is 0 Å². The van der Waals surface area contributed by atoms with Gasteiger partial charge in [0.2, 0.25) is 0 Å². The Balaban J connectivity index is 1.99. The topological polar surface area (TPSA) is 17.1 Å². The fraction of sp³-hybridized carbons (Fsp3) is 0.0714. The Morgan fingerprint density at radius 2 is 1.72 bits per heavy atom. The Labute approximate surface area is 108 Å². The van der Waals surface area contributed by atoms with Crippen molar-refractivity contribution in [2.45, 2.75) is 4.90 Å². The predicted molar refractivity (Wildman–Crippen MR) is 67.9 cm³/mol. The highest BCUT2D eigenvalue weighted by Crippen LogP contribution is 2.21. The SMILES string of the molecule is O=C(CSc1ccc(F)c(F)c1)c1ccccc1. The molecule has 0 aliphatic rings. The third-order valence-electron chi connectivity index (χ3n) is 2.36. The van der Waals surface area contributed by atoms with Crippen LogP contribution in [0, 0.1) is 11.6 Å². The lowest BCUT2D eigenvalue weighted by molar-refractivity contribution is 0.102. The van der Waals surface area contributed by atoms with Gasteiger partial charge in [-0.3, -0.25) is 4.79 Å². The van der Waals surface area contributed by atoms with E-state index in [0.717, 1.165) is 12.1 Å². The van der Waals surface area contributed by atoms with Crippen molar-refractivity contribution in [2.75, 3.05) is 5.75 Å². The van der Waals surface area contributed by atoms with Crippen LogP contribution >= 0.6 is 11.8 Å². The van der Waals surface area contributed by atoms with Gasteiger partial charge in [0.15, 0.2) is 17.4 Å². The highest BCUT2D eigenvalue weighted by atomic mass is 32.2. The third-order valence-corrected chi connectivity index (χ3v) is 3.35. The molecule has 4 heteroatoms. The van der Waals surface area contributed by atoms with Crippen molar-refractivity contribution in [3.05, 3.63) is 65.7 Å². The van der Waals surface area contributed by atoms with Crippen molar-refractivity contribution < 1.29 is 13.6 Å². The second-order valence-corrected chi connectivity index (χ2v) is 4.70. The molecule has 0 spiro atoms. The standard InChI is InChI=1S/C14H10F2OS/c15-12-7-6-11(8-13(12)16)18-9-14(17)10-4-2-1-3-5-10/h1-8H,9H2. The van der Waals surface area contributed by atoms with E-state index in [1.165, 1.54) is 17.8 Å². The maximum atomic E-state index is 13.0. The van der Waals surface area contributed by atoms with Crippen molar-refractivity contribution in [1.29, 1.82) is 0 Å². The van der Waals surface area contributed by atoms with Crippen LogP contribution in [0.25, 0.3) is 0 Å². The van der Waals surface area contributed by atoms with Crippen LogP contribution in [-0.2, 0) is 0 Å². The quantitative estimate of drug-likeness (QED) is 0.614. The lowest BCUT2D eigenvalue weighted by Crippen LogP contribution is -2.01. The van der Waals surface area contributed by atoms with Crippen LogP contribution in [0.3, 0.4) is 0 Å². The van der Waals surface area contributed by atoms with Gasteiger partial charge < -0.3 is 0 Å². The molecular formula is C14H10F2OS. The van der Waals surface area contributed by atoms with Gasteiger partial charge in [0.25, 0.3) is 0 Å². The summed E-state index contributed by atoms with van der Waals surface area (Å²) in [5, 5.41) is 0.